The maximum atomic E-state index is 3.11. The first-order valence-electron chi connectivity index (χ1n) is 3.02. The molecule has 0 aromatic rings. The van der Waals surface area contributed by atoms with Crippen LogP contribution >= 0.6 is 0 Å². The van der Waals surface area contributed by atoms with Crippen molar-refractivity contribution in [3.63, 3.8) is 0 Å². The Morgan fingerprint density at radius 1 is 1.62 bits per heavy atom. The second-order valence-corrected chi connectivity index (χ2v) is 2.01. The Kier molecular flexibility index (Phi) is 1.75. The lowest BCUT2D eigenvalue weighted by molar-refractivity contribution is 0.796. The normalized spacial score (nSPS) is 24.9. The Labute approximate surface area is 50.6 Å². The number of hydrogen-bond donors (Lipinski definition) is 0. The first kappa shape index (κ1) is 5.44. The topological polar surface area (TPSA) is 0 Å². The first-order chi connectivity index (χ1) is 3.93. The van der Waals surface area contributed by atoms with Gasteiger partial charge in [-0.1, -0.05) is 18.1 Å². The minimum atomic E-state index is 0.569. The molecular formula is C8H10. The maximum absolute atomic E-state index is 3.11. The van der Waals surface area contributed by atoms with E-state index in [0.717, 1.165) is 0 Å². The minimum absolute atomic E-state index is 0.569. The van der Waals surface area contributed by atoms with E-state index in [1.165, 1.54) is 12.8 Å². The van der Waals surface area contributed by atoms with Crippen molar-refractivity contribution in [2.24, 2.45) is 5.92 Å². The smallest absolute Gasteiger partial charge is 0.0385 e. The van der Waals surface area contributed by atoms with Crippen molar-refractivity contribution in [2.75, 3.05) is 0 Å². The third-order valence-electron chi connectivity index (χ3n) is 1.34. The van der Waals surface area contributed by atoms with Gasteiger partial charge < -0.3 is 0 Å². The van der Waals surface area contributed by atoms with Crippen LogP contribution in [0.5, 0.6) is 0 Å². The average molecular weight is 106 g/mol. The molecule has 0 spiro atoms. The summed E-state index contributed by atoms with van der Waals surface area (Å²) in [6.07, 6.45) is 6.85. The maximum Gasteiger partial charge on any atom is 0.0385 e. The molecule has 0 fully saturated rings. The van der Waals surface area contributed by atoms with Gasteiger partial charge in [-0.2, -0.15) is 0 Å². The standard InChI is InChI=1S/C8H10/c1-2-5-8-6-3-4-7-8/h3,6,8H,4,7H2,1H3. The van der Waals surface area contributed by atoms with Crippen LogP contribution in [-0.4, -0.2) is 0 Å². The second-order valence-electron chi connectivity index (χ2n) is 2.01. The fraction of sp³-hybridized carbons (Fsp3) is 0.500. The summed E-state index contributed by atoms with van der Waals surface area (Å²) in [5, 5.41) is 0. The average Bonchev–Trinajstić information content (AvgIpc) is 2.19. The number of hydrogen-bond acceptors (Lipinski definition) is 0. The predicted octanol–water partition coefficient (Wildman–Crippen LogP) is 1.98. The zero-order chi connectivity index (χ0) is 5.82. The molecule has 0 radical (unpaired) electrons. The Balaban J connectivity index is 2.44. The van der Waals surface area contributed by atoms with E-state index in [4.69, 9.17) is 0 Å². The molecule has 0 heteroatoms. The van der Waals surface area contributed by atoms with Crippen molar-refractivity contribution in [2.45, 2.75) is 19.8 Å². The van der Waals surface area contributed by atoms with Crippen LogP contribution in [-0.2, 0) is 0 Å². The third kappa shape index (κ3) is 1.13. The van der Waals surface area contributed by atoms with Gasteiger partial charge in [-0.15, -0.1) is 5.92 Å². The van der Waals surface area contributed by atoms with Crippen LogP contribution in [0.2, 0.25) is 0 Å². The second kappa shape index (κ2) is 2.57. The molecule has 42 valence electrons. The largest absolute Gasteiger partial charge is 0.106 e. The van der Waals surface area contributed by atoms with Crippen LogP contribution in [0.4, 0.5) is 0 Å². The molecule has 0 aromatic carbocycles. The van der Waals surface area contributed by atoms with E-state index in [0.29, 0.717) is 5.92 Å². The molecular weight excluding hydrogens is 96.1 g/mol. The summed E-state index contributed by atoms with van der Waals surface area (Å²) in [4.78, 5) is 0. The summed E-state index contributed by atoms with van der Waals surface area (Å²) in [7, 11) is 0. The van der Waals surface area contributed by atoms with Gasteiger partial charge in [0.1, 0.15) is 0 Å². The summed E-state index contributed by atoms with van der Waals surface area (Å²) in [6.45, 7) is 1.90. The SMILES string of the molecule is CC#CC1C=CCC1. The van der Waals surface area contributed by atoms with E-state index in [1.807, 2.05) is 6.92 Å². The van der Waals surface area contributed by atoms with Gasteiger partial charge in [0.05, 0.1) is 0 Å². The van der Waals surface area contributed by atoms with E-state index in [1.54, 1.807) is 0 Å². The van der Waals surface area contributed by atoms with E-state index < -0.39 is 0 Å². The monoisotopic (exact) mass is 106 g/mol. The van der Waals surface area contributed by atoms with Crippen LogP contribution in [0, 0.1) is 17.8 Å². The van der Waals surface area contributed by atoms with Gasteiger partial charge >= 0.3 is 0 Å². The van der Waals surface area contributed by atoms with Gasteiger partial charge in [-0.25, -0.2) is 0 Å². The molecule has 1 aliphatic carbocycles. The molecule has 0 aliphatic heterocycles. The number of allylic oxidation sites excluding steroid dienone is 2. The fourth-order valence-corrected chi connectivity index (χ4v) is 0.938. The molecule has 0 nitrogen and oxygen atoms in total. The molecule has 1 unspecified atom stereocenters. The van der Waals surface area contributed by atoms with E-state index in [9.17, 15) is 0 Å². The van der Waals surface area contributed by atoms with Gasteiger partial charge in [0.15, 0.2) is 0 Å². The fourth-order valence-electron chi connectivity index (χ4n) is 0.938. The minimum Gasteiger partial charge on any atom is -0.106 e. The molecule has 8 heavy (non-hydrogen) atoms. The van der Waals surface area contributed by atoms with Gasteiger partial charge in [0, 0.05) is 5.92 Å². The summed E-state index contributed by atoms with van der Waals surface area (Å²) >= 11 is 0. The van der Waals surface area contributed by atoms with Gasteiger partial charge in [-0.3, -0.25) is 0 Å². The summed E-state index contributed by atoms with van der Waals surface area (Å²) in [6, 6.07) is 0. The lowest BCUT2D eigenvalue weighted by Gasteiger charge is -1.90. The molecule has 1 rings (SSSR count). The summed E-state index contributed by atoms with van der Waals surface area (Å²) in [5.74, 6) is 6.59. The van der Waals surface area contributed by atoms with Crippen molar-refractivity contribution in [1.29, 1.82) is 0 Å². The third-order valence-corrected chi connectivity index (χ3v) is 1.34. The van der Waals surface area contributed by atoms with E-state index in [-0.39, 0.29) is 0 Å². The highest BCUT2D eigenvalue weighted by molar-refractivity contribution is 5.13. The lowest BCUT2D eigenvalue weighted by atomic mass is 10.1. The first-order valence-corrected chi connectivity index (χ1v) is 3.02. The Bertz CT molecular complexity index is 143. The lowest BCUT2D eigenvalue weighted by Crippen LogP contribution is -1.82. The highest BCUT2D eigenvalue weighted by Gasteiger charge is 2.02. The highest BCUT2D eigenvalue weighted by Crippen LogP contribution is 2.14. The van der Waals surface area contributed by atoms with Crippen LogP contribution in [0.15, 0.2) is 12.2 Å². The van der Waals surface area contributed by atoms with Crippen LogP contribution in [0.1, 0.15) is 19.8 Å². The zero-order valence-electron chi connectivity index (χ0n) is 5.15. The molecule has 0 saturated heterocycles. The zero-order valence-corrected chi connectivity index (χ0v) is 5.15. The van der Waals surface area contributed by atoms with Crippen molar-refractivity contribution in [3.8, 4) is 11.8 Å². The van der Waals surface area contributed by atoms with Crippen molar-refractivity contribution < 1.29 is 0 Å². The van der Waals surface area contributed by atoms with E-state index in [2.05, 4.69) is 24.0 Å². The van der Waals surface area contributed by atoms with Crippen LogP contribution in [0.25, 0.3) is 0 Å². The molecule has 0 amide bonds. The highest BCUT2D eigenvalue weighted by atomic mass is 14.1. The van der Waals surface area contributed by atoms with Crippen molar-refractivity contribution in [3.05, 3.63) is 12.2 Å². The molecule has 1 atom stereocenters. The van der Waals surface area contributed by atoms with Gasteiger partial charge in [0.25, 0.3) is 0 Å². The molecule has 0 saturated carbocycles. The quantitative estimate of drug-likeness (QED) is 0.327. The Morgan fingerprint density at radius 2 is 2.50 bits per heavy atom. The van der Waals surface area contributed by atoms with Gasteiger partial charge in [0.2, 0.25) is 0 Å². The Hall–Kier alpha value is -0.700. The molecule has 0 N–H and O–H groups in total. The van der Waals surface area contributed by atoms with E-state index >= 15 is 0 Å². The van der Waals surface area contributed by atoms with Gasteiger partial charge in [-0.05, 0) is 19.8 Å². The molecule has 0 aromatic heterocycles. The van der Waals surface area contributed by atoms with Crippen LogP contribution in [0.3, 0.4) is 0 Å². The van der Waals surface area contributed by atoms with Crippen LogP contribution < -0.4 is 0 Å². The summed E-state index contributed by atoms with van der Waals surface area (Å²) in [5.41, 5.74) is 0. The van der Waals surface area contributed by atoms with Crippen molar-refractivity contribution >= 4 is 0 Å². The Morgan fingerprint density at radius 3 is 3.00 bits per heavy atom. The molecule has 0 heterocycles. The molecule has 0 bridgehead atoms. The number of rotatable bonds is 0. The molecule has 1 aliphatic rings. The predicted molar refractivity (Wildman–Crippen MR) is 35.3 cm³/mol. The van der Waals surface area contributed by atoms with Crippen molar-refractivity contribution in [1.82, 2.24) is 0 Å². The summed E-state index contributed by atoms with van der Waals surface area (Å²) < 4.78 is 0.